The van der Waals surface area contributed by atoms with Crippen LogP contribution in [0.5, 0.6) is 5.75 Å². The van der Waals surface area contributed by atoms with Crippen LogP contribution >= 0.6 is 0 Å². The van der Waals surface area contributed by atoms with Gasteiger partial charge in [0.15, 0.2) is 0 Å². The lowest BCUT2D eigenvalue weighted by atomic mass is 9.88. The summed E-state index contributed by atoms with van der Waals surface area (Å²) < 4.78 is 7.29. The van der Waals surface area contributed by atoms with Crippen molar-refractivity contribution in [1.82, 2.24) is 14.9 Å². The number of amides is 2. The number of hydrogen-bond acceptors (Lipinski definition) is 5. The zero-order valence-corrected chi connectivity index (χ0v) is 20.0. The van der Waals surface area contributed by atoms with E-state index in [9.17, 15) is 14.7 Å². The standard InChI is InChI=1S/C25H34N4O4/c1-14-22(29(5)13-26-14)18-11-10-17(12-19(18)30)27-23(31)21(28-24(32)33-25(2,3)4)20(15-6-7-15)16-8-9-16/h10-13,15-16,20-21,30H,6-9H2,1-5H3,(H,27,31)(H,28,32). The lowest BCUT2D eigenvalue weighted by Crippen LogP contribution is -2.51. The number of aromatic nitrogens is 2. The molecule has 2 fully saturated rings. The largest absolute Gasteiger partial charge is 0.507 e. The molecular formula is C25H34N4O4. The minimum Gasteiger partial charge on any atom is -0.507 e. The van der Waals surface area contributed by atoms with Crippen LogP contribution in [-0.4, -0.2) is 38.3 Å². The molecule has 8 nitrogen and oxygen atoms in total. The van der Waals surface area contributed by atoms with Crippen molar-refractivity contribution in [3.8, 4) is 17.0 Å². The fourth-order valence-corrected chi connectivity index (χ4v) is 4.62. The molecule has 0 aliphatic heterocycles. The summed E-state index contributed by atoms with van der Waals surface area (Å²) in [6.45, 7) is 7.28. The third kappa shape index (κ3) is 5.49. The quantitative estimate of drug-likeness (QED) is 0.576. The first-order valence-electron chi connectivity index (χ1n) is 11.6. The Balaban J connectivity index is 1.54. The zero-order chi connectivity index (χ0) is 23.9. The van der Waals surface area contributed by atoms with E-state index in [-0.39, 0.29) is 17.6 Å². The number of alkyl carbamates (subject to hydrolysis) is 1. The number of hydrogen-bond donors (Lipinski definition) is 3. The van der Waals surface area contributed by atoms with E-state index in [1.165, 1.54) is 6.07 Å². The number of ether oxygens (including phenoxy) is 1. The van der Waals surface area contributed by atoms with Gasteiger partial charge in [0.2, 0.25) is 5.91 Å². The minimum absolute atomic E-state index is 0.0529. The van der Waals surface area contributed by atoms with Gasteiger partial charge in [0.05, 0.1) is 17.7 Å². The molecule has 2 aliphatic carbocycles. The summed E-state index contributed by atoms with van der Waals surface area (Å²) in [5.74, 6) is 0.770. The van der Waals surface area contributed by atoms with Crippen molar-refractivity contribution in [3.63, 3.8) is 0 Å². The molecule has 0 saturated heterocycles. The van der Waals surface area contributed by atoms with E-state index >= 15 is 0 Å². The Hall–Kier alpha value is -3.03. The highest BCUT2D eigenvalue weighted by molar-refractivity contribution is 5.97. The van der Waals surface area contributed by atoms with Gasteiger partial charge in [-0.3, -0.25) is 4.79 Å². The Kier molecular flexibility index (Phi) is 6.12. The van der Waals surface area contributed by atoms with Gasteiger partial charge in [-0.25, -0.2) is 9.78 Å². The molecule has 0 spiro atoms. The molecule has 0 radical (unpaired) electrons. The summed E-state index contributed by atoms with van der Waals surface area (Å²) in [6.07, 6.45) is 5.45. The summed E-state index contributed by atoms with van der Waals surface area (Å²) in [4.78, 5) is 30.2. The molecule has 4 rings (SSSR count). The SMILES string of the molecule is Cc1ncn(C)c1-c1ccc(NC(=O)C(NC(=O)OC(C)(C)C)C(C2CC2)C2CC2)cc1O. The molecule has 33 heavy (non-hydrogen) atoms. The lowest BCUT2D eigenvalue weighted by molar-refractivity contribution is -0.120. The summed E-state index contributed by atoms with van der Waals surface area (Å²) in [7, 11) is 1.87. The molecule has 1 unspecified atom stereocenters. The number of carbonyl (C=O) groups excluding carboxylic acids is 2. The van der Waals surface area contributed by atoms with Gasteiger partial charge in [-0.1, -0.05) is 0 Å². The molecule has 2 aromatic rings. The van der Waals surface area contributed by atoms with Crippen LogP contribution in [0.3, 0.4) is 0 Å². The summed E-state index contributed by atoms with van der Waals surface area (Å²) in [6, 6.07) is 4.38. The maximum atomic E-state index is 13.4. The van der Waals surface area contributed by atoms with Crippen molar-refractivity contribution >= 4 is 17.7 Å². The second-order valence-corrected chi connectivity index (χ2v) is 10.4. The maximum absolute atomic E-state index is 13.4. The minimum atomic E-state index is -0.680. The van der Waals surface area contributed by atoms with E-state index in [4.69, 9.17) is 4.74 Å². The van der Waals surface area contributed by atoms with Crippen molar-refractivity contribution in [3.05, 3.63) is 30.2 Å². The third-order valence-corrected chi connectivity index (χ3v) is 6.31. The van der Waals surface area contributed by atoms with Crippen molar-refractivity contribution < 1.29 is 19.4 Å². The molecule has 1 heterocycles. The molecule has 0 bridgehead atoms. The van der Waals surface area contributed by atoms with Crippen LogP contribution in [0.1, 0.15) is 52.1 Å². The first-order valence-corrected chi connectivity index (χ1v) is 11.6. The van der Waals surface area contributed by atoms with Gasteiger partial charge in [-0.2, -0.15) is 0 Å². The molecule has 2 aliphatic rings. The van der Waals surface area contributed by atoms with Gasteiger partial charge in [0, 0.05) is 24.4 Å². The second-order valence-electron chi connectivity index (χ2n) is 10.4. The number of phenolic OH excluding ortho intramolecular Hbond substituents is 1. The van der Waals surface area contributed by atoms with Crippen molar-refractivity contribution in [2.45, 2.75) is 65.0 Å². The number of nitrogens with one attached hydrogen (secondary N) is 2. The van der Waals surface area contributed by atoms with Gasteiger partial charge in [0.1, 0.15) is 17.4 Å². The van der Waals surface area contributed by atoms with Crippen LogP contribution in [-0.2, 0) is 16.6 Å². The van der Waals surface area contributed by atoms with E-state index in [0.717, 1.165) is 37.1 Å². The van der Waals surface area contributed by atoms with Gasteiger partial charge in [-0.15, -0.1) is 0 Å². The molecule has 178 valence electrons. The normalized spacial score (nSPS) is 17.0. The van der Waals surface area contributed by atoms with E-state index in [1.54, 1.807) is 39.2 Å². The second kappa shape index (κ2) is 8.72. The van der Waals surface area contributed by atoms with Crippen LogP contribution in [0.4, 0.5) is 10.5 Å². The average molecular weight is 455 g/mol. The maximum Gasteiger partial charge on any atom is 0.408 e. The predicted molar refractivity (Wildman–Crippen MR) is 126 cm³/mol. The first kappa shape index (κ1) is 23.1. The Morgan fingerprint density at radius 1 is 1.18 bits per heavy atom. The summed E-state index contributed by atoms with van der Waals surface area (Å²) in [5.41, 5.74) is 2.09. The predicted octanol–water partition coefficient (Wildman–Crippen LogP) is 4.37. The number of anilines is 1. The number of phenols is 1. The Labute approximate surface area is 194 Å². The van der Waals surface area contributed by atoms with Crippen LogP contribution in [0.2, 0.25) is 0 Å². The van der Waals surface area contributed by atoms with Crippen molar-refractivity contribution in [1.29, 1.82) is 0 Å². The van der Waals surface area contributed by atoms with Gasteiger partial charge in [-0.05, 0) is 83.3 Å². The number of nitrogens with zero attached hydrogens (tertiary/aromatic N) is 2. The van der Waals surface area contributed by atoms with Gasteiger partial charge in [0.25, 0.3) is 0 Å². The van der Waals surface area contributed by atoms with Crippen LogP contribution in [0.25, 0.3) is 11.3 Å². The summed E-state index contributed by atoms with van der Waals surface area (Å²) >= 11 is 0. The zero-order valence-electron chi connectivity index (χ0n) is 20.0. The fraction of sp³-hybridized carbons (Fsp3) is 0.560. The molecule has 2 saturated carbocycles. The number of benzene rings is 1. The highest BCUT2D eigenvalue weighted by Crippen LogP contribution is 2.51. The van der Waals surface area contributed by atoms with Crippen molar-refractivity contribution in [2.75, 3.05) is 5.32 Å². The van der Waals surface area contributed by atoms with Crippen LogP contribution in [0.15, 0.2) is 24.5 Å². The number of aryl methyl sites for hydroxylation is 2. The molecule has 1 aromatic carbocycles. The molecule has 1 aromatic heterocycles. The van der Waals surface area contributed by atoms with E-state index in [0.29, 0.717) is 23.1 Å². The average Bonchev–Trinajstić information content (AvgIpc) is 3.62. The molecule has 1 atom stereocenters. The molecule has 2 amide bonds. The van der Waals surface area contributed by atoms with Crippen LogP contribution < -0.4 is 10.6 Å². The Bertz CT molecular complexity index is 1020. The number of aromatic hydroxyl groups is 1. The van der Waals surface area contributed by atoms with Crippen LogP contribution in [0, 0.1) is 24.7 Å². The highest BCUT2D eigenvalue weighted by atomic mass is 16.6. The fourth-order valence-electron chi connectivity index (χ4n) is 4.62. The Morgan fingerprint density at radius 3 is 2.30 bits per heavy atom. The smallest absolute Gasteiger partial charge is 0.408 e. The molecule has 8 heteroatoms. The number of carbonyl (C=O) groups is 2. The third-order valence-electron chi connectivity index (χ3n) is 6.31. The van der Waals surface area contributed by atoms with Gasteiger partial charge >= 0.3 is 6.09 Å². The Morgan fingerprint density at radius 2 is 1.82 bits per heavy atom. The highest BCUT2D eigenvalue weighted by Gasteiger charge is 2.48. The molecular weight excluding hydrogens is 420 g/mol. The number of rotatable bonds is 7. The lowest BCUT2D eigenvalue weighted by Gasteiger charge is -2.29. The first-order chi connectivity index (χ1) is 15.5. The van der Waals surface area contributed by atoms with E-state index in [1.807, 2.05) is 18.5 Å². The monoisotopic (exact) mass is 454 g/mol. The summed E-state index contributed by atoms with van der Waals surface area (Å²) in [5, 5.41) is 16.4. The van der Waals surface area contributed by atoms with E-state index in [2.05, 4.69) is 15.6 Å². The van der Waals surface area contributed by atoms with Gasteiger partial charge < -0.3 is 25.0 Å². The van der Waals surface area contributed by atoms with E-state index < -0.39 is 17.7 Å². The molecule has 3 N–H and O–H groups in total. The topological polar surface area (TPSA) is 105 Å². The number of imidazole rings is 1. The van der Waals surface area contributed by atoms with Crippen molar-refractivity contribution in [2.24, 2.45) is 24.8 Å².